The third-order valence-electron chi connectivity index (χ3n) is 2.75. The second-order valence-corrected chi connectivity index (χ2v) is 4.87. The second-order valence-electron chi connectivity index (χ2n) is 4.43. The maximum Gasteiger partial charge on any atom is 0.124 e. The summed E-state index contributed by atoms with van der Waals surface area (Å²) >= 11 is 4.84. The molecule has 0 fully saturated rings. The van der Waals surface area contributed by atoms with E-state index in [1.807, 2.05) is 30.3 Å². The van der Waals surface area contributed by atoms with E-state index in [9.17, 15) is 4.39 Å². The molecule has 3 nitrogen and oxygen atoms in total. The molecular weight excluding hydrogens is 289 g/mol. The summed E-state index contributed by atoms with van der Waals surface area (Å²) < 4.78 is 24.3. The molecule has 0 aliphatic carbocycles. The van der Waals surface area contributed by atoms with E-state index in [1.165, 1.54) is 12.1 Å². The molecule has 0 atom stereocenters. The van der Waals surface area contributed by atoms with Gasteiger partial charge in [-0.2, -0.15) is 0 Å². The third kappa shape index (κ3) is 5.13. The maximum atomic E-state index is 13.4. The van der Waals surface area contributed by atoms with Gasteiger partial charge in [0.2, 0.25) is 0 Å². The summed E-state index contributed by atoms with van der Waals surface area (Å²) in [7, 11) is 0. The number of para-hydroxylation sites is 1. The van der Waals surface area contributed by atoms with Gasteiger partial charge in [0.25, 0.3) is 0 Å². The van der Waals surface area contributed by atoms with Crippen LogP contribution in [0, 0.1) is 5.82 Å². The number of ether oxygens (including phenoxy) is 2. The standard InChI is InChI=1S/C16H16FNO2S/c17-14-9-12(8-13(10-14)16(18)21)11-19-6-7-20-15-4-2-1-3-5-15/h1-5,8-10H,6-7,11H2,(H2,18,21). The van der Waals surface area contributed by atoms with Crippen molar-refractivity contribution in [3.63, 3.8) is 0 Å². The predicted octanol–water partition coefficient (Wildman–Crippen LogP) is 3.06. The fourth-order valence-electron chi connectivity index (χ4n) is 1.80. The molecule has 0 bridgehead atoms. The minimum Gasteiger partial charge on any atom is -0.491 e. The van der Waals surface area contributed by atoms with E-state index in [4.69, 9.17) is 27.4 Å². The van der Waals surface area contributed by atoms with Crippen LogP contribution in [0.15, 0.2) is 48.5 Å². The first-order chi connectivity index (χ1) is 10.1. The summed E-state index contributed by atoms with van der Waals surface area (Å²) in [4.78, 5) is 0.170. The van der Waals surface area contributed by atoms with Crippen molar-refractivity contribution in [3.8, 4) is 5.75 Å². The Morgan fingerprint density at radius 1 is 1.10 bits per heavy atom. The van der Waals surface area contributed by atoms with Crippen molar-refractivity contribution >= 4 is 17.2 Å². The van der Waals surface area contributed by atoms with Crippen molar-refractivity contribution in [2.24, 2.45) is 5.73 Å². The van der Waals surface area contributed by atoms with E-state index in [0.717, 1.165) is 5.75 Å². The highest BCUT2D eigenvalue weighted by Gasteiger charge is 2.03. The fourth-order valence-corrected chi connectivity index (χ4v) is 1.92. The first-order valence-electron chi connectivity index (χ1n) is 6.50. The molecule has 0 saturated carbocycles. The molecule has 0 radical (unpaired) electrons. The molecule has 2 N–H and O–H groups in total. The van der Waals surface area contributed by atoms with Crippen molar-refractivity contribution in [1.29, 1.82) is 0 Å². The molecule has 0 aromatic heterocycles. The van der Waals surface area contributed by atoms with Gasteiger partial charge in [0, 0.05) is 5.56 Å². The Morgan fingerprint density at radius 3 is 2.57 bits per heavy atom. The van der Waals surface area contributed by atoms with Crippen LogP contribution in [0.3, 0.4) is 0 Å². The van der Waals surface area contributed by atoms with Gasteiger partial charge in [0.1, 0.15) is 23.2 Å². The van der Waals surface area contributed by atoms with Crippen LogP contribution in [0.2, 0.25) is 0 Å². The average molecular weight is 305 g/mol. The van der Waals surface area contributed by atoms with Crippen LogP contribution in [-0.2, 0) is 11.3 Å². The Kier molecular flexibility index (Phi) is 5.66. The molecule has 2 rings (SSSR count). The first-order valence-corrected chi connectivity index (χ1v) is 6.91. The van der Waals surface area contributed by atoms with Gasteiger partial charge in [-0.3, -0.25) is 0 Å². The molecular formula is C16H16FNO2S. The topological polar surface area (TPSA) is 44.5 Å². The molecule has 0 aliphatic rings. The van der Waals surface area contributed by atoms with Gasteiger partial charge in [-0.25, -0.2) is 4.39 Å². The van der Waals surface area contributed by atoms with Crippen LogP contribution in [0.1, 0.15) is 11.1 Å². The SMILES string of the molecule is NC(=S)c1cc(F)cc(COCCOc2ccccc2)c1. The smallest absolute Gasteiger partial charge is 0.124 e. The molecule has 0 aliphatic heterocycles. The highest BCUT2D eigenvalue weighted by molar-refractivity contribution is 7.80. The molecule has 0 spiro atoms. The molecule has 2 aromatic carbocycles. The largest absolute Gasteiger partial charge is 0.491 e. The second kappa shape index (κ2) is 7.71. The number of halogens is 1. The van der Waals surface area contributed by atoms with Crippen LogP contribution < -0.4 is 10.5 Å². The normalized spacial score (nSPS) is 10.3. The van der Waals surface area contributed by atoms with Gasteiger partial charge < -0.3 is 15.2 Å². The van der Waals surface area contributed by atoms with Gasteiger partial charge in [-0.1, -0.05) is 30.4 Å². The van der Waals surface area contributed by atoms with Crippen molar-refractivity contribution in [2.75, 3.05) is 13.2 Å². The molecule has 2 aromatic rings. The average Bonchev–Trinajstić information content (AvgIpc) is 2.47. The Morgan fingerprint density at radius 2 is 1.86 bits per heavy atom. The first kappa shape index (κ1) is 15.4. The monoisotopic (exact) mass is 305 g/mol. The van der Waals surface area contributed by atoms with Crippen LogP contribution in [0.4, 0.5) is 4.39 Å². The van der Waals surface area contributed by atoms with Gasteiger partial charge in [0.15, 0.2) is 0 Å². The zero-order chi connectivity index (χ0) is 15.1. The summed E-state index contributed by atoms with van der Waals surface area (Å²) in [6.07, 6.45) is 0. The number of hydrogen-bond acceptors (Lipinski definition) is 3. The zero-order valence-electron chi connectivity index (χ0n) is 11.4. The van der Waals surface area contributed by atoms with Crippen molar-refractivity contribution in [1.82, 2.24) is 0 Å². The van der Waals surface area contributed by atoms with E-state index in [0.29, 0.717) is 24.3 Å². The van der Waals surface area contributed by atoms with Crippen molar-refractivity contribution in [3.05, 3.63) is 65.5 Å². The highest BCUT2D eigenvalue weighted by atomic mass is 32.1. The lowest BCUT2D eigenvalue weighted by atomic mass is 10.1. The third-order valence-corrected chi connectivity index (χ3v) is 2.99. The van der Waals surface area contributed by atoms with Gasteiger partial charge in [-0.05, 0) is 35.9 Å². The molecule has 5 heteroatoms. The van der Waals surface area contributed by atoms with Gasteiger partial charge >= 0.3 is 0 Å². The predicted molar refractivity (Wildman–Crippen MR) is 83.9 cm³/mol. The van der Waals surface area contributed by atoms with Crippen LogP contribution in [-0.4, -0.2) is 18.2 Å². The van der Waals surface area contributed by atoms with Crippen molar-refractivity contribution in [2.45, 2.75) is 6.61 Å². The van der Waals surface area contributed by atoms with E-state index in [2.05, 4.69) is 0 Å². The highest BCUT2D eigenvalue weighted by Crippen LogP contribution is 2.11. The quantitative estimate of drug-likeness (QED) is 0.631. The summed E-state index contributed by atoms with van der Waals surface area (Å²) in [5, 5.41) is 0. The minimum absolute atomic E-state index is 0.170. The van der Waals surface area contributed by atoms with Crippen LogP contribution in [0.5, 0.6) is 5.75 Å². The Labute approximate surface area is 128 Å². The van der Waals surface area contributed by atoms with Crippen LogP contribution >= 0.6 is 12.2 Å². The lowest BCUT2D eigenvalue weighted by Crippen LogP contribution is -2.11. The minimum atomic E-state index is -0.376. The van der Waals surface area contributed by atoms with E-state index >= 15 is 0 Å². The van der Waals surface area contributed by atoms with Crippen LogP contribution in [0.25, 0.3) is 0 Å². The Hall–Kier alpha value is -1.98. The van der Waals surface area contributed by atoms with Gasteiger partial charge in [-0.15, -0.1) is 0 Å². The van der Waals surface area contributed by atoms with Crippen molar-refractivity contribution < 1.29 is 13.9 Å². The summed E-state index contributed by atoms with van der Waals surface area (Å²) in [5.74, 6) is 0.419. The molecule has 0 unspecified atom stereocenters. The number of nitrogens with two attached hydrogens (primary N) is 1. The number of thiocarbonyl (C=S) groups is 1. The maximum absolute atomic E-state index is 13.4. The fraction of sp³-hybridized carbons (Fsp3) is 0.188. The lowest BCUT2D eigenvalue weighted by Gasteiger charge is -2.08. The Bertz CT molecular complexity index is 604. The lowest BCUT2D eigenvalue weighted by molar-refractivity contribution is 0.0888. The Balaban J connectivity index is 1.77. The molecule has 0 heterocycles. The number of rotatable bonds is 7. The van der Waals surface area contributed by atoms with E-state index in [1.54, 1.807) is 6.07 Å². The summed E-state index contributed by atoms with van der Waals surface area (Å²) in [6.45, 7) is 1.13. The molecule has 0 saturated heterocycles. The summed E-state index contributed by atoms with van der Waals surface area (Å²) in [5.41, 5.74) is 6.69. The van der Waals surface area contributed by atoms with E-state index < -0.39 is 0 Å². The molecule has 110 valence electrons. The number of benzene rings is 2. The zero-order valence-corrected chi connectivity index (χ0v) is 12.2. The summed E-state index contributed by atoms with van der Waals surface area (Å²) in [6, 6.07) is 13.9. The molecule has 21 heavy (non-hydrogen) atoms. The van der Waals surface area contributed by atoms with Gasteiger partial charge in [0.05, 0.1) is 13.2 Å². The molecule has 0 amide bonds. The number of hydrogen-bond donors (Lipinski definition) is 1. The van der Waals surface area contributed by atoms with E-state index in [-0.39, 0.29) is 17.4 Å².